The van der Waals surface area contributed by atoms with Gasteiger partial charge >= 0.3 is 0 Å². The zero-order valence-electron chi connectivity index (χ0n) is 21.0. The highest BCUT2D eigenvalue weighted by molar-refractivity contribution is 4.69. The van der Waals surface area contributed by atoms with Gasteiger partial charge in [-0.25, -0.2) is 0 Å². The zero-order chi connectivity index (χ0) is 23.6. The molecule has 0 heterocycles. The number of hydrogen-bond acceptors (Lipinski definition) is 9. The Morgan fingerprint density at radius 3 is 0.906 bits per heavy atom. The maximum Gasteiger partial charge on any atom is 0.0701 e. The Labute approximate surface area is 195 Å². The van der Waals surface area contributed by atoms with Crippen molar-refractivity contribution in [2.75, 3.05) is 112 Å². The molecule has 0 aromatic rings. The van der Waals surface area contributed by atoms with Gasteiger partial charge in [0.2, 0.25) is 0 Å². The van der Waals surface area contributed by atoms with Crippen LogP contribution < -0.4 is 5.32 Å². The van der Waals surface area contributed by atoms with Crippen LogP contribution in [0.25, 0.3) is 0 Å². The largest absolute Gasteiger partial charge is 0.379 e. The molecule has 0 radical (unpaired) electrons. The summed E-state index contributed by atoms with van der Waals surface area (Å²) in [5, 5.41) is 3.37. The minimum Gasteiger partial charge on any atom is -0.379 e. The van der Waals surface area contributed by atoms with Gasteiger partial charge in [-0.1, -0.05) is 6.92 Å². The maximum absolute atomic E-state index is 5.50. The van der Waals surface area contributed by atoms with Gasteiger partial charge in [-0.05, 0) is 27.2 Å². The lowest BCUT2D eigenvalue weighted by Crippen LogP contribution is -2.38. The van der Waals surface area contributed by atoms with Crippen molar-refractivity contribution in [1.82, 2.24) is 5.32 Å². The van der Waals surface area contributed by atoms with Crippen LogP contribution in [0.15, 0.2) is 0 Å². The Bertz CT molecular complexity index is 355. The van der Waals surface area contributed by atoms with Crippen LogP contribution in [0.2, 0.25) is 0 Å². The summed E-state index contributed by atoms with van der Waals surface area (Å²) in [7, 11) is 0. The van der Waals surface area contributed by atoms with Gasteiger partial charge in [-0.2, -0.15) is 0 Å². The van der Waals surface area contributed by atoms with Crippen LogP contribution in [-0.4, -0.2) is 118 Å². The van der Waals surface area contributed by atoms with E-state index in [0.717, 1.165) is 19.6 Å². The van der Waals surface area contributed by atoms with Crippen molar-refractivity contribution in [2.45, 2.75) is 39.7 Å². The van der Waals surface area contributed by atoms with Gasteiger partial charge in [-0.3, -0.25) is 0 Å². The molecular weight excluding hydrogens is 418 g/mol. The normalized spacial score (nSPS) is 12.0. The summed E-state index contributed by atoms with van der Waals surface area (Å²) < 4.78 is 43.4. The lowest BCUT2D eigenvalue weighted by atomic mass is 10.1. The molecule has 0 atom stereocenters. The molecular formula is C23H49NO8. The molecule has 0 spiro atoms. The summed E-state index contributed by atoms with van der Waals surface area (Å²) in [5.74, 6) is 0. The van der Waals surface area contributed by atoms with Gasteiger partial charge in [0, 0.05) is 18.7 Å². The molecule has 9 nitrogen and oxygen atoms in total. The first-order chi connectivity index (χ1) is 15.6. The van der Waals surface area contributed by atoms with Gasteiger partial charge in [0.25, 0.3) is 0 Å². The predicted molar refractivity (Wildman–Crippen MR) is 125 cm³/mol. The molecule has 194 valence electrons. The van der Waals surface area contributed by atoms with Gasteiger partial charge in [0.05, 0.1) is 99.1 Å². The Morgan fingerprint density at radius 2 is 0.656 bits per heavy atom. The second-order valence-corrected chi connectivity index (χ2v) is 8.08. The second-order valence-electron chi connectivity index (χ2n) is 8.08. The van der Waals surface area contributed by atoms with E-state index in [4.69, 9.17) is 37.9 Å². The van der Waals surface area contributed by atoms with E-state index in [2.05, 4.69) is 33.0 Å². The van der Waals surface area contributed by atoms with Crippen LogP contribution in [0.1, 0.15) is 34.1 Å². The Kier molecular flexibility index (Phi) is 25.0. The fourth-order valence-corrected chi connectivity index (χ4v) is 2.28. The van der Waals surface area contributed by atoms with Crippen LogP contribution >= 0.6 is 0 Å². The summed E-state index contributed by atoms with van der Waals surface area (Å²) in [6.45, 7) is 18.8. The van der Waals surface area contributed by atoms with Crippen molar-refractivity contribution in [2.24, 2.45) is 0 Å². The summed E-state index contributed by atoms with van der Waals surface area (Å²) in [6.07, 6.45) is 1.03. The smallest absolute Gasteiger partial charge is 0.0701 e. The van der Waals surface area contributed by atoms with Crippen LogP contribution in [0.3, 0.4) is 0 Å². The highest BCUT2D eigenvalue weighted by atomic mass is 16.6. The molecule has 0 aliphatic rings. The zero-order valence-corrected chi connectivity index (χ0v) is 21.0. The van der Waals surface area contributed by atoms with Crippen LogP contribution in [0.4, 0.5) is 0 Å². The average molecular weight is 468 g/mol. The third-order valence-electron chi connectivity index (χ3n) is 3.85. The first-order valence-corrected chi connectivity index (χ1v) is 11.9. The van der Waals surface area contributed by atoms with Crippen molar-refractivity contribution in [3.05, 3.63) is 0 Å². The van der Waals surface area contributed by atoms with Crippen molar-refractivity contribution in [1.29, 1.82) is 0 Å². The quantitative estimate of drug-likeness (QED) is 0.192. The third kappa shape index (κ3) is 29.6. The van der Waals surface area contributed by atoms with E-state index >= 15 is 0 Å². The molecule has 0 aliphatic heterocycles. The lowest BCUT2D eigenvalue weighted by Gasteiger charge is -2.20. The molecule has 9 heteroatoms. The molecule has 0 aromatic carbocycles. The van der Waals surface area contributed by atoms with E-state index in [-0.39, 0.29) is 5.54 Å². The van der Waals surface area contributed by atoms with Crippen molar-refractivity contribution < 1.29 is 37.9 Å². The average Bonchev–Trinajstić information content (AvgIpc) is 2.75. The second kappa shape index (κ2) is 25.3. The number of hydrogen-bond donors (Lipinski definition) is 1. The molecule has 0 amide bonds. The molecule has 0 aromatic heterocycles. The number of ether oxygens (including phenoxy) is 8. The minimum atomic E-state index is 0.128. The fourth-order valence-electron chi connectivity index (χ4n) is 2.28. The van der Waals surface area contributed by atoms with E-state index in [9.17, 15) is 0 Å². The van der Waals surface area contributed by atoms with Crippen LogP contribution in [-0.2, 0) is 37.9 Å². The summed E-state index contributed by atoms with van der Waals surface area (Å²) in [4.78, 5) is 0. The van der Waals surface area contributed by atoms with Crippen molar-refractivity contribution >= 4 is 0 Å². The first-order valence-electron chi connectivity index (χ1n) is 11.9. The number of rotatable bonds is 26. The summed E-state index contributed by atoms with van der Waals surface area (Å²) in [6, 6.07) is 0. The van der Waals surface area contributed by atoms with E-state index in [1.54, 1.807) is 0 Å². The molecule has 0 aliphatic carbocycles. The number of nitrogens with one attached hydrogen (secondary N) is 1. The Hall–Kier alpha value is -0.360. The molecule has 1 N–H and O–H groups in total. The predicted octanol–water partition coefficient (Wildman–Crippen LogP) is 1.92. The van der Waals surface area contributed by atoms with Crippen LogP contribution in [0.5, 0.6) is 0 Å². The summed E-state index contributed by atoms with van der Waals surface area (Å²) >= 11 is 0. The fraction of sp³-hybridized carbons (Fsp3) is 1.00. The van der Waals surface area contributed by atoms with Crippen molar-refractivity contribution in [3.8, 4) is 0 Å². The molecule has 0 saturated carbocycles. The standard InChI is InChI=1S/C23H49NO8/c1-5-7-25-9-11-27-13-15-29-17-19-31-21-22-32-20-18-30-16-14-28-12-10-26-8-6-24-23(2,3)4/h24H,5-22H2,1-4H3. The SMILES string of the molecule is CCCOCCOCCOCCOCCOCCOCCOCCOCCNC(C)(C)C. The molecule has 0 rings (SSSR count). The molecule has 0 fully saturated rings. The topological polar surface area (TPSA) is 85.9 Å². The maximum atomic E-state index is 5.50. The van der Waals surface area contributed by atoms with Gasteiger partial charge in [0.1, 0.15) is 0 Å². The first kappa shape index (κ1) is 31.6. The van der Waals surface area contributed by atoms with E-state index in [0.29, 0.717) is 99.1 Å². The van der Waals surface area contributed by atoms with Gasteiger partial charge in [0.15, 0.2) is 0 Å². The monoisotopic (exact) mass is 467 g/mol. The highest BCUT2D eigenvalue weighted by Gasteiger charge is 2.06. The molecule has 0 saturated heterocycles. The Morgan fingerprint density at radius 1 is 0.406 bits per heavy atom. The third-order valence-corrected chi connectivity index (χ3v) is 3.85. The summed E-state index contributed by atoms with van der Waals surface area (Å²) in [5.41, 5.74) is 0.128. The van der Waals surface area contributed by atoms with E-state index < -0.39 is 0 Å². The van der Waals surface area contributed by atoms with Crippen LogP contribution in [0, 0.1) is 0 Å². The molecule has 0 unspecified atom stereocenters. The molecule has 0 bridgehead atoms. The van der Waals surface area contributed by atoms with Gasteiger partial charge < -0.3 is 43.2 Å². The lowest BCUT2D eigenvalue weighted by molar-refractivity contribution is -0.0230. The Balaban J connectivity index is 3.02. The van der Waals surface area contributed by atoms with Crippen molar-refractivity contribution in [3.63, 3.8) is 0 Å². The van der Waals surface area contributed by atoms with E-state index in [1.807, 2.05) is 0 Å². The minimum absolute atomic E-state index is 0.128. The highest BCUT2D eigenvalue weighted by Crippen LogP contribution is 1.96. The molecule has 32 heavy (non-hydrogen) atoms. The van der Waals surface area contributed by atoms with Gasteiger partial charge in [-0.15, -0.1) is 0 Å². The van der Waals surface area contributed by atoms with E-state index in [1.165, 1.54) is 0 Å².